The Balaban J connectivity index is 1.62. The molecule has 0 spiro atoms. The fourth-order valence-corrected chi connectivity index (χ4v) is 7.50. The maximum absolute atomic E-state index is 13.9. The molecule has 4 rings (SSSR count). The lowest BCUT2D eigenvalue weighted by molar-refractivity contribution is -0.138. The molecule has 2 aliphatic carbocycles. The number of hydrogen-bond donors (Lipinski definition) is 1. The average Bonchev–Trinajstić information content (AvgIpc) is 3.49. The number of amides is 1. The van der Waals surface area contributed by atoms with Crippen LogP contribution in [0.15, 0.2) is 53.4 Å². The number of carbonyl (C=O) groups is 1. The van der Waals surface area contributed by atoms with E-state index in [-0.39, 0.29) is 17.9 Å². The van der Waals surface area contributed by atoms with Crippen molar-refractivity contribution in [2.45, 2.75) is 68.2 Å². The Morgan fingerprint density at radius 3 is 2.45 bits per heavy atom. The number of nitrogens with zero attached hydrogens (tertiary/aromatic N) is 2. The van der Waals surface area contributed by atoms with E-state index in [1.807, 2.05) is 48.2 Å². The van der Waals surface area contributed by atoms with Gasteiger partial charge in [-0.15, -0.1) is 0 Å². The minimum absolute atomic E-state index is 0.0137. The molecule has 2 saturated carbocycles. The van der Waals surface area contributed by atoms with Crippen LogP contribution < -0.4 is 0 Å². The third-order valence-electron chi connectivity index (χ3n) is 7.14. The zero-order chi connectivity index (χ0) is 23.6. The van der Waals surface area contributed by atoms with E-state index in [0.717, 1.165) is 30.4 Å². The molecule has 1 N–H and O–H groups in total. The summed E-state index contributed by atoms with van der Waals surface area (Å²) in [5.41, 5.74) is 2.03. The number of benzene rings is 2. The number of halogens is 1. The largest absolute Gasteiger partial charge is 0.335 e. The molecule has 0 bridgehead atoms. The third-order valence-corrected chi connectivity index (χ3v) is 9.79. The molecule has 174 valence electrons. The number of aryl methyl sites for hydroxylation is 1. The molecule has 1 amide bonds. The molecule has 0 radical (unpaired) electrons. The Morgan fingerprint density at radius 2 is 1.82 bits per heavy atom. The van der Waals surface area contributed by atoms with Crippen molar-refractivity contribution in [3.63, 3.8) is 0 Å². The van der Waals surface area contributed by atoms with Gasteiger partial charge < -0.3 is 4.90 Å². The van der Waals surface area contributed by atoms with Crippen molar-refractivity contribution in [1.29, 1.82) is 10.0 Å². The number of hydrogen-bond acceptors (Lipinski definition) is 4. The zero-order valence-electron chi connectivity index (χ0n) is 18.9. The molecule has 7 heteroatoms. The molecular weight excluding hydrogens is 454 g/mol. The quantitative estimate of drug-likeness (QED) is 0.551. The molecule has 2 fully saturated rings. The van der Waals surface area contributed by atoms with Crippen molar-refractivity contribution >= 4 is 27.2 Å². The maximum Gasteiger partial charge on any atom is 0.227 e. The molecule has 5 nitrogen and oxygen atoms in total. The predicted octanol–water partition coefficient (Wildman–Crippen LogP) is 5.94. The first-order chi connectivity index (χ1) is 15.8. The van der Waals surface area contributed by atoms with E-state index in [1.165, 1.54) is 0 Å². The lowest BCUT2D eigenvalue weighted by Gasteiger charge is -2.34. The van der Waals surface area contributed by atoms with Crippen LogP contribution in [0.2, 0.25) is 5.02 Å². The Labute approximate surface area is 201 Å². The van der Waals surface area contributed by atoms with Gasteiger partial charge in [0.2, 0.25) is 5.91 Å². The van der Waals surface area contributed by atoms with Crippen LogP contribution in [0.3, 0.4) is 0 Å². The summed E-state index contributed by atoms with van der Waals surface area (Å²) in [6.07, 6.45) is 4.31. The third kappa shape index (κ3) is 5.10. The summed E-state index contributed by atoms with van der Waals surface area (Å²) in [7, 11) is -3.12. The summed E-state index contributed by atoms with van der Waals surface area (Å²) in [4.78, 5) is 16.4. The second-order valence-corrected chi connectivity index (χ2v) is 12.1. The Hall–Kier alpha value is -2.36. The van der Waals surface area contributed by atoms with Crippen LogP contribution in [0, 0.1) is 34.9 Å². The molecular formula is C26H30ClN3O2S. The van der Waals surface area contributed by atoms with Gasteiger partial charge in [-0.25, -0.2) is 8.99 Å². The van der Waals surface area contributed by atoms with Gasteiger partial charge in [-0.2, -0.15) is 5.26 Å². The topological polar surface area (TPSA) is 85.0 Å². The second-order valence-electron chi connectivity index (χ2n) is 9.38. The van der Waals surface area contributed by atoms with Crippen molar-refractivity contribution in [3.05, 3.63) is 64.7 Å². The highest BCUT2D eigenvalue weighted by Gasteiger charge is 2.44. The molecule has 33 heavy (non-hydrogen) atoms. The van der Waals surface area contributed by atoms with Crippen LogP contribution in [0.4, 0.5) is 0 Å². The Kier molecular flexibility index (Phi) is 7.11. The van der Waals surface area contributed by atoms with Gasteiger partial charge in [-0.05, 0) is 68.9 Å². The molecule has 5 atom stereocenters. The Bertz CT molecular complexity index is 1140. The first kappa shape index (κ1) is 23.8. The van der Waals surface area contributed by atoms with Gasteiger partial charge in [-0.1, -0.05) is 47.9 Å². The number of nitrogens with one attached hydrogen (secondary N) is 1. The van der Waals surface area contributed by atoms with Gasteiger partial charge in [0.25, 0.3) is 0 Å². The normalized spacial score (nSPS) is 26.5. The smallest absolute Gasteiger partial charge is 0.227 e. The fraction of sp³-hybridized carbons (Fsp3) is 0.462. The highest BCUT2D eigenvalue weighted by molar-refractivity contribution is 7.93. The number of rotatable bonds is 6. The van der Waals surface area contributed by atoms with Gasteiger partial charge in [-0.3, -0.25) is 4.79 Å². The van der Waals surface area contributed by atoms with Crippen molar-refractivity contribution < 1.29 is 9.00 Å². The van der Waals surface area contributed by atoms with Crippen molar-refractivity contribution in [3.8, 4) is 6.07 Å². The van der Waals surface area contributed by atoms with Crippen molar-refractivity contribution in [1.82, 2.24) is 4.90 Å². The predicted molar refractivity (Wildman–Crippen MR) is 130 cm³/mol. The van der Waals surface area contributed by atoms with Gasteiger partial charge in [0.1, 0.15) is 0 Å². The number of carbonyl (C=O) groups excluding carboxylic acids is 1. The average molecular weight is 484 g/mol. The van der Waals surface area contributed by atoms with E-state index in [9.17, 15) is 14.3 Å². The van der Waals surface area contributed by atoms with Gasteiger partial charge in [0.15, 0.2) is 0 Å². The maximum atomic E-state index is 13.9. The lowest BCUT2D eigenvalue weighted by Crippen LogP contribution is -2.45. The van der Waals surface area contributed by atoms with Crippen LogP contribution in [-0.2, 0) is 21.1 Å². The fourth-order valence-electron chi connectivity index (χ4n) is 5.27. The van der Waals surface area contributed by atoms with Gasteiger partial charge in [0.05, 0.1) is 27.0 Å². The monoisotopic (exact) mass is 483 g/mol. The first-order valence-electron chi connectivity index (χ1n) is 11.6. The van der Waals surface area contributed by atoms with E-state index < -0.39 is 20.9 Å². The van der Waals surface area contributed by atoms with E-state index >= 15 is 0 Å². The van der Waals surface area contributed by atoms with Gasteiger partial charge >= 0.3 is 0 Å². The zero-order valence-corrected chi connectivity index (χ0v) is 20.4. The Morgan fingerprint density at radius 1 is 1.12 bits per heavy atom. The molecule has 0 aliphatic heterocycles. The van der Waals surface area contributed by atoms with Crippen LogP contribution in [0.25, 0.3) is 0 Å². The van der Waals surface area contributed by atoms with E-state index in [2.05, 4.69) is 6.07 Å². The summed E-state index contributed by atoms with van der Waals surface area (Å²) in [6, 6.07) is 17.1. The van der Waals surface area contributed by atoms with E-state index in [4.69, 9.17) is 16.4 Å². The first-order valence-corrected chi connectivity index (χ1v) is 13.6. The van der Waals surface area contributed by atoms with E-state index in [0.29, 0.717) is 35.7 Å². The van der Waals surface area contributed by atoms with Crippen LogP contribution in [0.5, 0.6) is 0 Å². The number of nitriles is 1. The summed E-state index contributed by atoms with van der Waals surface area (Å²) in [5, 5.41) is 9.55. The lowest BCUT2D eigenvalue weighted by atomic mass is 10.0. The summed E-state index contributed by atoms with van der Waals surface area (Å²) >= 11 is 6.05. The second kappa shape index (κ2) is 9.87. The molecule has 0 aromatic heterocycles. The minimum Gasteiger partial charge on any atom is -0.335 e. The minimum atomic E-state index is -3.12. The standard InChI is InChI=1S/C26H30ClN3O2S/c1-18-5-13-23(14-6-18)33(29,32)25-4-2-3-24(25)26(31)30(22-12-9-20(15-22)16-28)17-19-7-10-21(27)11-8-19/h5-8,10-11,13-14,20,22,24-25,29H,2-4,9,12,15,17H2,1H3/t20-,22+,24+,25+,33?/m0/s1. The molecule has 0 saturated heterocycles. The van der Waals surface area contributed by atoms with Crippen LogP contribution >= 0.6 is 11.6 Å². The molecule has 2 aliphatic rings. The molecule has 1 unspecified atom stereocenters. The van der Waals surface area contributed by atoms with Crippen molar-refractivity contribution in [2.75, 3.05) is 0 Å². The molecule has 2 aromatic rings. The van der Waals surface area contributed by atoms with Crippen LogP contribution in [-0.4, -0.2) is 26.3 Å². The van der Waals surface area contributed by atoms with Crippen LogP contribution in [0.1, 0.15) is 49.7 Å². The summed E-state index contributed by atoms with van der Waals surface area (Å²) in [6.45, 7) is 2.40. The highest BCUT2D eigenvalue weighted by atomic mass is 35.5. The highest BCUT2D eigenvalue weighted by Crippen LogP contribution is 2.39. The van der Waals surface area contributed by atoms with Crippen molar-refractivity contribution in [2.24, 2.45) is 11.8 Å². The molecule has 0 heterocycles. The van der Waals surface area contributed by atoms with E-state index in [1.54, 1.807) is 12.1 Å². The molecule has 2 aromatic carbocycles. The SMILES string of the molecule is Cc1ccc(S(=N)(=O)[C@@H]2CCC[C@H]2C(=O)N(Cc2ccc(Cl)cc2)[C@@H]2CC[C@H](C#N)C2)cc1. The summed E-state index contributed by atoms with van der Waals surface area (Å²) < 4.78 is 22.5. The summed E-state index contributed by atoms with van der Waals surface area (Å²) in [5.74, 6) is -0.504. The van der Waals surface area contributed by atoms with Gasteiger partial charge in [0, 0.05) is 28.4 Å².